The van der Waals surface area contributed by atoms with E-state index in [2.05, 4.69) is 0 Å². The Morgan fingerprint density at radius 3 is 2.14 bits per heavy atom. The van der Waals surface area contributed by atoms with Crippen LogP contribution in [0.3, 0.4) is 0 Å². The van der Waals surface area contributed by atoms with Crippen LogP contribution in [0.5, 0.6) is 5.75 Å². The van der Waals surface area contributed by atoms with E-state index < -0.39 is 0 Å². The summed E-state index contributed by atoms with van der Waals surface area (Å²) in [5, 5.41) is 0. The molecule has 0 amide bonds. The quantitative estimate of drug-likeness (QED) is 0.711. The molecule has 3 aromatic rings. The highest BCUT2D eigenvalue weighted by molar-refractivity contribution is 5.70. The molecular formula is C19H18N2O. The lowest BCUT2D eigenvalue weighted by molar-refractivity contribution is 0.308. The number of nitrogens with two attached hydrogens (primary N) is 2. The molecule has 0 spiro atoms. The first-order valence-electron chi connectivity index (χ1n) is 7.14. The number of anilines is 2. The van der Waals surface area contributed by atoms with E-state index in [-0.39, 0.29) is 0 Å². The van der Waals surface area contributed by atoms with Gasteiger partial charge < -0.3 is 16.2 Å². The molecule has 110 valence electrons. The van der Waals surface area contributed by atoms with E-state index in [1.807, 2.05) is 72.8 Å². The Balaban J connectivity index is 1.82. The van der Waals surface area contributed by atoms with Crippen LogP contribution in [0, 0.1) is 0 Å². The number of nitrogen functional groups attached to an aromatic ring is 2. The summed E-state index contributed by atoms with van der Waals surface area (Å²) in [5.41, 5.74) is 16.4. The molecule has 3 nitrogen and oxygen atoms in total. The van der Waals surface area contributed by atoms with Crippen LogP contribution in [0.1, 0.15) is 5.56 Å². The van der Waals surface area contributed by atoms with Crippen molar-refractivity contribution in [2.75, 3.05) is 11.5 Å². The first-order valence-corrected chi connectivity index (χ1v) is 7.14. The molecular weight excluding hydrogens is 272 g/mol. The minimum absolute atomic E-state index is 0.496. The smallest absolute Gasteiger partial charge is 0.143 e. The highest BCUT2D eigenvalue weighted by atomic mass is 16.5. The normalized spacial score (nSPS) is 10.4. The van der Waals surface area contributed by atoms with Gasteiger partial charge in [-0.2, -0.15) is 0 Å². The molecule has 3 rings (SSSR count). The first kappa shape index (κ1) is 14.0. The monoisotopic (exact) mass is 290 g/mol. The van der Waals surface area contributed by atoms with Crippen LogP contribution in [-0.2, 0) is 6.61 Å². The lowest BCUT2D eigenvalue weighted by Gasteiger charge is -2.11. The third kappa shape index (κ3) is 3.20. The van der Waals surface area contributed by atoms with Crippen molar-refractivity contribution in [3.05, 3.63) is 78.4 Å². The number of rotatable bonds is 4. The zero-order chi connectivity index (χ0) is 15.4. The molecule has 0 aliphatic heterocycles. The summed E-state index contributed by atoms with van der Waals surface area (Å²) in [6, 6.07) is 23.6. The largest absolute Gasteiger partial charge is 0.487 e. The van der Waals surface area contributed by atoms with Crippen LogP contribution in [0.4, 0.5) is 11.4 Å². The second kappa shape index (κ2) is 6.22. The summed E-state index contributed by atoms with van der Waals surface area (Å²) in [7, 11) is 0. The van der Waals surface area contributed by atoms with Gasteiger partial charge in [-0.25, -0.2) is 0 Å². The molecule has 0 aliphatic carbocycles. The van der Waals surface area contributed by atoms with Crippen molar-refractivity contribution in [3.8, 4) is 16.9 Å². The lowest BCUT2D eigenvalue weighted by Crippen LogP contribution is -1.99. The summed E-state index contributed by atoms with van der Waals surface area (Å²) in [6.07, 6.45) is 0. The maximum Gasteiger partial charge on any atom is 0.143 e. The molecule has 0 heterocycles. The van der Waals surface area contributed by atoms with E-state index >= 15 is 0 Å². The Morgan fingerprint density at radius 2 is 1.41 bits per heavy atom. The van der Waals surface area contributed by atoms with E-state index in [4.69, 9.17) is 16.2 Å². The molecule has 0 bridgehead atoms. The maximum atomic E-state index is 6.01. The summed E-state index contributed by atoms with van der Waals surface area (Å²) in [6.45, 7) is 0.496. The van der Waals surface area contributed by atoms with E-state index in [0.29, 0.717) is 18.0 Å². The van der Waals surface area contributed by atoms with Gasteiger partial charge in [0.15, 0.2) is 0 Å². The third-order valence-corrected chi connectivity index (χ3v) is 3.49. The van der Waals surface area contributed by atoms with Crippen molar-refractivity contribution in [1.82, 2.24) is 0 Å². The van der Waals surface area contributed by atoms with Crippen LogP contribution < -0.4 is 16.2 Å². The number of hydrogen-bond acceptors (Lipinski definition) is 3. The van der Waals surface area contributed by atoms with Gasteiger partial charge in [0, 0.05) is 5.69 Å². The molecule has 0 fully saturated rings. The average Bonchev–Trinajstić information content (AvgIpc) is 2.56. The topological polar surface area (TPSA) is 61.3 Å². The average molecular weight is 290 g/mol. The molecule has 3 heteroatoms. The van der Waals surface area contributed by atoms with Gasteiger partial charge in [0.2, 0.25) is 0 Å². The van der Waals surface area contributed by atoms with Crippen molar-refractivity contribution in [3.63, 3.8) is 0 Å². The number of hydrogen-bond donors (Lipinski definition) is 2. The van der Waals surface area contributed by atoms with Gasteiger partial charge in [0.25, 0.3) is 0 Å². The Bertz CT molecular complexity index is 752. The maximum absolute atomic E-state index is 6.01. The summed E-state index contributed by atoms with van der Waals surface area (Å²) in [5.74, 6) is 0.693. The van der Waals surface area contributed by atoms with Crippen molar-refractivity contribution >= 4 is 11.4 Å². The van der Waals surface area contributed by atoms with Crippen molar-refractivity contribution in [2.24, 2.45) is 0 Å². The summed E-state index contributed by atoms with van der Waals surface area (Å²) < 4.78 is 5.86. The molecule has 0 saturated heterocycles. The lowest BCUT2D eigenvalue weighted by atomic mass is 10.0. The minimum atomic E-state index is 0.496. The van der Waals surface area contributed by atoms with E-state index in [0.717, 1.165) is 22.4 Å². The van der Waals surface area contributed by atoms with Crippen molar-refractivity contribution in [2.45, 2.75) is 6.61 Å². The van der Waals surface area contributed by atoms with Gasteiger partial charge in [-0.15, -0.1) is 0 Å². The number of benzene rings is 3. The molecule has 22 heavy (non-hydrogen) atoms. The minimum Gasteiger partial charge on any atom is -0.487 e. The first-order chi connectivity index (χ1) is 10.7. The van der Waals surface area contributed by atoms with Crippen LogP contribution in [0.25, 0.3) is 11.1 Å². The molecule has 0 radical (unpaired) electrons. The van der Waals surface area contributed by atoms with Gasteiger partial charge in [-0.3, -0.25) is 0 Å². The van der Waals surface area contributed by atoms with Crippen LogP contribution in [-0.4, -0.2) is 0 Å². The highest BCUT2D eigenvalue weighted by Crippen LogP contribution is 2.30. The second-order valence-electron chi connectivity index (χ2n) is 5.15. The fourth-order valence-corrected chi connectivity index (χ4v) is 2.25. The summed E-state index contributed by atoms with van der Waals surface area (Å²) >= 11 is 0. The predicted molar refractivity (Wildman–Crippen MR) is 91.5 cm³/mol. The van der Waals surface area contributed by atoms with Gasteiger partial charge >= 0.3 is 0 Å². The zero-order valence-corrected chi connectivity index (χ0v) is 12.2. The highest BCUT2D eigenvalue weighted by Gasteiger charge is 2.05. The van der Waals surface area contributed by atoms with Crippen LogP contribution >= 0.6 is 0 Å². The van der Waals surface area contributed by atoms with E-state index in [1.54, 1.807) is 0 Å². The number of ether oxygens (including phenoxy) is 1. The Morgan fingerprint density at radius 1 is 0.727 bits per heavy atom. The molecule has 0 unspecified atom stereocenters. The second-order valence-corrected chi connectivity index (χ2v) is 5.15. The van der Waals surface area contributed by atoms with Crippen molar-refractivity contribution < 1.29 is 4.74 Å². The Labute approximate surface area is 130 Å². The summed E-state index contributed by atoms with van der Waals surface area (Å²) in [4.78, 5) is 0. The van der Waals surface area contributed by atoms with Gasteiger partial charge in [0.1, 0.15) is 12.4 Å². The molecule has 0 aliphatic rings. The zero-order valence-electron chi connectivity index (χ0n) is 12.2. The van der Waals surface area contributed by atoms with E-state index in [1.165, 1.54) is 0 Å². The van der Waals surface area contributed by atoms with Crippen molar-refractivity contribution in [1.29, 1.82) is 0 Å². The Hall–Kier alpha value is -2.94. The fraction of sp³-hybridized carbons (Fsp3) is 0.0526. The molecule has 0 aromatic heterocycles. The molecule has 4 N–H and O–H groups in total. The van der Waals surface area contributed by atoms with Gasteiger partial charge in [-0.1, -0.05) is 48.5 Å². The Kier molecular flexibility index (Phi) is 3.97. The van der Waals surface area contributed by atoms with Gasteiger partial charge in [-0.05, 0) is 41.0 Å². The predicted octanol–water partition coefficient (Wildman–Crippen LogP) is 4.10. The molecule has 3 aromatic carbocycles. The third-order valence-electron chi connectivity index (χ3n) is 3.49. The van der Waals surface area contributed by atoms with Crippen LogP contribution in [0.2, 0.25) is 0 Å². The standard InChI is InChI=1S/C19H18N2O/c20-17-9-6-15(7-10-17)16-8-11-18(21)19(12-16)22-13-14-4-2-1-3-5-14/h1-12H,13,20-21H2. The van der Waals surface area contributed by atoms with E-state index in [9.17, 15) is 0 Å². The van der Waals surface area contributed by atoms with Crippen LogP contribution in [0.15, 0.2) is 72.8 Å². The molecule has 0 atom stereocenters. The fourth-order valence-electron chi connectivity index (χ4n) is 2.25. The SMILES string of the molecule is Nc1ccc(-c2ccc(N)c(OCc3ccccc3)c2)cc1. The van der Waals surface area contributed by atoms with Gasteiger partial charge in [0.05, 0.1) is 5.69 Å². The molecule has 0 saturated carbocycles.